The van der Waals surface area contributed by atoms with Gasteiger partial charge in [-0.3, -0.25) is 14.3 Å². The van der Waals surface area contributed by atoms with Crippen LogP contribution in [0.5, 0.6) is 0 Å². The van der Waals surface area contributed by atoms with Gasteiger partial charge in [0.15, 0.2) is 5.82 Å². The summed E-state index contributed by atoms with van der Waals surface area (Å²) >= 11 is 1.21. The van der Waals surface area contributed by atoms with Crippen LogP contribution in [-0.4, -0.2) is 21.8 Å². The van der Waals surface area contributed by atoms with Crippen LogP contribution in [0, 0.1) is 12.7 Å². The van der Waals surface area contributed by atoms with E-state index in [2.05, 4.69) is 4.98 Å². The topological polar surface area (TPSA) is 107 Å². The van der Waals surface area contributed by atoms with Gasteiger partial charge < -0.3 is 11.5 Å². The molecule has 5 rings (SSSR count). The lowest BCUT2D eigenvalue weighted by molar-refractivity contribution is -0.153. The van der Waals surface area contributed by atoms with Crippen molar-refractivity contribution in [1.82, 2.24) is 9.55 Å². The van der Waals surface area contributed by atoms with E-state index in [0.29, 0.717) is 35.3 Å². The number of aromatic amines is 1. The maximum Gasteiger partial charge on any atom is 0.404 e. The van der Waals surface area contributed by atoms with Crippen molar-refractivity contribution in [1.29, 1.82) is 0 Å². The van der Waals surface area contributed by atoms with Crippen LogP contribution in [0.4, 0.5) is 23.2 Å². The number of halogens is 4. The number of nitrogens with two attached hydrogens (primary N) is 2. The largest absolute Gasteiger partial charge is 0.404 e. The monoisotopic (exact) mass is 482 g/mol. The predicted molar refractivity (Wildman–Crippen MR) is 119 cm³/mol. The molecule has 5 N–H and O–H groups in total. The van der Waals surface area contributed by atoms with Crippen molar-refractivity contribution in [3.63, 3.8) is 0 Å². The fourth-order valence-corrected chi connectivity index (χ4v) is 6.35. The van der Waals surface area contributed by atoms with Crippen LogP contribution >= 0.6 is 11.3 Å². The number of alkyl halides is 3. The quantitative estimate of drug-likeness (QED) is 0.386. The zero-order valence-electron chi connectivity index (χ0n) is 17.7. The fraction of sp³-hybridized carbons (Fsp3) is 0.455. The molecule has 2 unspecified atom stereocenters. The number of fused-ring (bicyclic) bond motifs is 2. The molecule has 0 aliphatic heterocycles. The zero-order chi connectivity index (χ0) is 23.8. The average molecular weight is 483 g/mol. The summed E-state index contributed by atoms with van der Waals surface area (Å²) in [6, 6.07) is -0.553. The van der Waals surface area contributed by atoms with Crippen molar-refractivity contribution >= 4 is 27.9 Å². The van der Waals surface area contributed by atoms with Crippen molar-refractivity contribution in [2.24, 2.45) is 5.73 Å². The lowest BCUT2D eigenvalue weighted by Crippen LogP contribution is -2.43. The number of hydrogen-bond acceptors (Lipinski definition) is 5. The van der Waals surface area contributed by atoms with Crippen LogP contribution in [0.1, 0.15) is 53.6 Å². The Kier molecular flexibility index (Phi) is 4.98. The summed E-state index contributed by atoms with van der Waals surface area (Å²) in [6.45, 7) is 1.61. The lowest BCUT2D eigenvalue weighted by Gasteiger charge is -2.29. The fourth-order valence-electron chi connectivity index (χ4n) is 4.98. The molecule has 6 nitrogen and oxygen atoms in total. The van der Waals surface area contributed by atoms with Crippen LogP contribution in [0.25, 0.3) is 21.3 Å². The zero-order valence-corrected chi connectivity index (χ0v) is 18.5. The summed E-state index contributed by atoms with van der Waals surface area (Å²) in [4.78, 5) is 28.4. The van der Waals surface area contributed by atoms with Gasteiger partial charge in [-0.25, -0.2) is 9.18 Å². The number of nitrogens with one attached hydrogen (secondary N) is 1. The molecular formula is C22H22F4N4O2S. The molecule has 11 heteroatoms. The van der Waals surface area contributed by atoms with Crippen molar-refractivity contribution < 1.29 is 17.6 Å². The highest BCUT2D eigenvalue weighted by Crippen LogP contribution is 2.47. The molecule has 176 valence electrons. The minimum atomic E-state index is -4.54. The van der Waals surface area contributed by atoms with E-state index in [9.17, 15) is 22.8 Å². The van der Waals surface area contributed by atoms with Gasteiger partial charge in [-0.15, -0.1) is 11.3 Å². The Hall–Kier alpha value is -2.66. The van der Waals surface area contributed by atoms with Crippen LogP contribution in [0.15, 0.2) is 15.7 Å². The van der Waals surface area contributed by atoms with E-state index >= 15 is 4.39 Å². The molecule has 0 saturated heterocycles. The first-order valence-corrected chi connectivity index (χ1v) is 11.5. The molecule has 3 aromatic rings. The van der Waals surface area contributed by atoms with Gasteiger partial charge in [-0.05, 0) is 56.2 Å². The third kappa shape index (κ3) is 3.40. The first-order valence-electron chi connectivity index (χ1n) is 10.7. The molecule has 1 aromatic carbocycles. The van der Waals surface area contributed by atoms with E-state index in [1.807, 2.05) is 0 Å². The van der Waals surface area contributed by atoms with Crippen LogP contribution in [0.2, 0.25) is 0 Å². The van der Waals surface area contributed by atoms with Gasteiger partial charge in [-0.1, -0.05) is 0 Å². The third-order valence-corrected chi connectivity index (χ3v) is 7.96. The van der Waals surface area contributed by atoms with E-state index in [1.165, 1.54) is 15.9 Å². The SMILES string of the molecule is Cc1c(-c2cc3c(s2)CCCC3C(N)C(F)(F)F)c(F)c(N)c2c(=O)[nH]c(=O)n(C3CC3)c12. The molecule has 2 aliphatic rings. The number of benzene rings is 1. The molecule has 2 aliphatic carbocycles. The molecule has 2 heterocycles. The summed E-state index contributed by atoms with van der Waals surface area (Å²) in [6.07, 6.45) is -1.62. The van der Waals surface area contributed by atoms with Crippen molar-refractivity contribution in [2.75, 3.05) is 5.73 Å². The smallest absolute Gasteiger partial charge is 0.396 e. The Bertz CT molecular complexity index is 1400. The maximum absolute atomic E-state index is 15.6. The minimum absolute atomic E-state index is 0.0847. The number of hydrogen-bond donors (Lipinski definition) is 3. The Balaban J connectivity index is 1.76. The summed E-state index contributed by atoms with van der Waals surface area (Å²) in [5, 5.41) is -0.0847. The van der Waals surface area contributed by atoms with E-state index in [0.717, 1.165) is 17.7 Å². The van der Waals surface area contributed by atoms with Gasteiger partial charge in [0.25, 0.3) is 5.56 Å². The number of anilines is 1. The van der Waals surface area contributed by atoms with Gasteiger partial charge in [0.05, 0.1) is 16.6 Å². The predicted octanol–water partition coefficient (Wildman–Crippen LogP) is 4.09. The average Bonchev–Trinajstić information content (AvgIpc) is 3.48. The summed E-state index contributed by atoms with van der Waals surface area (Å²) in [5.74, 6) is -1.73. The molecule has 33 heavy (non-hydrogen) atoms. The number of nitrogen functional groups attached to an aromatic ring is 1. The molecule has 2 atom stereocenters. The standard InChI is InChI=1S/C22H22F4N4O2S/c1-8-14(13-7-11-10(19(28)22(24,25)26)3-2-4-12(11)33-13)16(23)17(27)15-18(8)30(9-5-6-9)21(32)29-20(15)31/h7,9-10,19H,2-6,27-28H2,1H3,(H,29,31,32). The normalized spacial score (nSPS) is 19.6. The molecule has 2 aromatic heterocycles. The van der Waals surface area contributed by atoms with Gasteiger partial charge in [0.2, 0.25) is 0 Å². The lowest BCUT2D eigenvalue weighted by atomic mass is 9.82. The second kappa shape index (κ2) is 7.42. The number of aryl methyl sites for hydroxylation is 2. The molecule has 0 bridgehead atoms. The molecule has 0 spiro atoms. The molecule has 1 saturated carbocycles. The number of aromatic nitrogens is 2. The number of nitrogens with zero attached hydrogens (tertiary/aromatic N) is 1. The molecule has 0 amide bonds. The van der Waals surface area contributed by atoms with Crippen molar-refractivity contribution in [3.8, 4) is 10.4 Å². The number of rotatable bonds is 3. The minimum Gasteiger partial charge on any atom is -0.396 e. The Morgan fingerprint density at radius 1 is 1.24 bits per heavy atom. The van der Waals surface area contributed by atoms with Gasteiger partial charge in [0.1, 0.15) is 6.04 Å². The third-order valence-electron chi connectivity index (χ3n) is 6.73. The Morgan fingerprint density at radius 3 is 2.58 bits per heavy atom. The van der Waals surface area contributed by atoms with Crippen LogP contribution < -0.4 is 22.7 Å². The Morgan fingerprint density at radius 2 is 1.94 bits per heavy atom. The number of H-pyrrole nitrogens is 1. The van der Waals surface area contributed by atoms with Crippen LogP contribution in [0.3, 0.4) is 0 Å². The first kappa shape index (κ1) is 22.1. The summed E-state index contributed by atoms with van der Waals surface area (Å²) in [7, 11) is 0. The highest BCUT2D eigenvalue weighted by Gasteiger charge is 2.44. The van der Waals surface area contributed by atoms with Crippen molar-refractivity contribution in [2.45, 2.75) is 63.2 Å². The second-order valence-electron chi connectivity index (χ2n) is 8.87. The van der Waals surface area contributed by atoms with E-state index in [-0.39, 0.29) is 28.2 Å². The highest BCUT2D eigenvalue weighted by molar-refractivity contribution is 7.15. The van der Waals surface area contributed by atoms with Gasteiger partial charge >= 0.3 is 11.9 Å². The summed E-state index contributed by atoms with van der Waals surface area (Å²) in [5.41, 5.74) is 11.1. The molecule has 0 radical (unpaired) electrons. The van der Waals surface area contributed by atoms with Crippen molar-refractivity contribution in [3.05, 3.63) is 48.7 Å². The van der Waals surface area contributed by atoms with Gasteiger partial charge in [0, 0.05) is 27.3 Å². The molecule has 1 fully saturated rings. The highest BCUT2D eigenvalue weighted by atomic mass is 32.1. The second-order valence-corrected chi connectivity index (χ2v) is 10.0. The van der Waals surface area contributed by atoms with E-state index < -0.39 is 35.2 Å². The van der Waals surface area contributed by atoms with E-state index in [1.54, 1.807) is 13.0 Å². The Labute approximate surface area is 189 Å². The molecular weight excluding hydrogens is 460 g/mol. The summed E-state index contributed by atoms with van der Waals surface area (Å²) < 4.78 is 57.1. The first-order chi connectivity index (χ1) is 15.5. The van der Waals surface area contributed by atoms with Gasteiger partial charge in [-0.2, -0.15) is 13.2 Å². The van der Waals surface area contributed by atoms with Crippen LogP contribution in [-0.2, 0) is 6.42 Å². The maximum atomic E-state index is 15.6. The number of thiophene rings is 1. The van der Waals surface area contributed by atoms with E-state index in [4.69, 9.17) is 11.5 Å².